The van der Waals surface area contributed by atoms with Crippen LogP contribution < -0.4 is 10.5 Å². The Morgan fingerprint density at radius 1 is 1.65 bits per heavy atom. The van der Waals surface area contributed by atoms with Gasteiger partial charge in [0.25, 0.3) is 0 Å². The Morgan fingerprint density at radius 2 is 2.35 bits per heavy atom. The highest BCUT2D eigenvalue weighted by atomic mass is 32.2. The molecule has 1 aromatic rings. The van der Waals surface area contributed by atoms with Gasteiger partial charge in [-0.25, -0.2) is 13.1 Å². The van der Waals surface area contributed by atoms with E-state index in [1.165, 1.54) is 0 Å². The van der Waals surface area contributed by atoms with Crippen LogP contribution in [-0.4, -0.2) is 25.2 Å². The summed E-state index contributed by atoms with van der Waals surface area (Å²) in [4.78, 5) is 1.17. The number of thiocarbonyl (C=S) groups is 1. The predicted octanol–water partition coefficient (Wildman–Crippen LogP) is 1.27. The largest absolute Gasteiger partial charge is 0.392 e. The molecule has 4 nitrogen and oxygen atoms in total. The van der Waals surface area contributed by atoms with Gasteiger partial charge < -0.3 is 5.73 Å². The van der Waals surface area contributed by atoms with Crippen molar-refractivity contribution in [3.05, 3.63) is 22.4 Å². The maximum Gasteiger partial charge on any atom is 0.221 e. The molecular formula is C10H16N2O2S3. The first-order chi connectivity index (χ1) is 7.97. The van der Waals surface area contributed by atoms with E-state index in [0.717, 1.165) is 4.88 Å². The van der Waals surface area contributed by atoms with Gasteiger partial charge in [0.1, 0.15) is 5.25 Å². The molecule has 0 fully saturated rings. The van der Waals surface area contributed by atoms with E-state index in [4.69, 9.17) is 18.0 Å². The van der Waals surface area contributed by atoms with Gasteiger partial charge >= 0.3 is 0 Å². The first-order valence-corrected chi connectivity index (χ1v) is 8.11. The van der Waals surface area contributed by atoms with Gasteiger partial charge in [0.15, 0.2) is 0 Å². The average molecular weight is 292 g/mol. The highest BCUT2D eigenvalue weighted by Gasteiger charge is 2.25. The molecule has 1 atom stereocenters. The van der Waals surface area contributed by atoms with Crippen molar-refractivity contribution < 1.29 is 8.42 Å². The van der Waals surface area contributed by atoms with Crippen molar-refractivity contribution in [1.29, 1.82) is 0 Å². The van der Waals surface area contributed by atoms with E-state index >= 15 is 0 Å². The molecule has 1 heterocycles. The number of sulfonamides is 1. The Labute approximate surface area is 111 Å². The SMILES string of the molecule is CCC(C(N)=S)S(=O)(=O)NCCc1cccs1. The van der Waals surface area contributed by atoms with Crippen molar-refractivity contribution in [2.45, 2.75) is 25.0 Å². The van der Waals surface area contributed by atoms with E-state index in [2.05, 4.69) is 4.72 Å². The van der Waals surface area contributed by atoms with Crippen LogP contribution in [0.3, 0.4) is 0 Å². The number of hydrogen-bond donors (Lipinski definition) is 2. The molecule has 1 unspecified atom stereocenters. The van der Waals surface area contributed by atoms with Crippen molar-refractivity contribution in [2.24, 2.45) is 5.73 Å². The molecule has 0 saturated carbocycles. The number of nitrogens with two attached hydrogens (primary N) is 1. The number of rotatable bonds is 7. The first kappa shape index (κ1) is 14.6. The summed E-state index contributed by atoms with van der Waals surface area (Å²) in [5.74, 6) is 0. The lowest BCUT2D eigenvalue weighted by Gasteiger charge is -2.14. The minimum Gasteiger partial charge on any atom is -0.392 e. The monoisotopic (exact) mass is 292 g/mol. The summed E-state index contributed by atoms with van der Waals surface area (Å²) in [5.41, 5.74) is 5.41. The molecule has 0 amide bonds. The Kier molecular flexibility index (Phi) is 5.51. The molecule has 0 aromatic carbocycles. The molecule has 0 aliphatic carbocycles. The third-order valence-electron chi connectivity index (χ3n) is 2.32. The van der Waals surface area contributed by atoms with Crippen LogP contribution in [0.1, 0.15) is 18.2 Å². The topological polar surface area (TPSA) is 72.2 Å². The van der Waals surface area contributed by atoms with Gasteiger partial charge in [-0.1, -0.05) is 25.2 Å². The maximum absolute atomic E-state index is 11.9. The molecule has 1 rings (SSSR count). The van der Waals surface area contributed by atoms with Crippen LogP contribution in [0.4, 0.5) is 0 Å². The Balaban J connectivity index is 2.52. The third-order valence-corrected chi connectivity index (χ3v) is 5.63. The minimum absolute atomic E-state index is 0.0242. The second-order valence-corrected chi connectivity index (χ2v) is 7.02. The fraction of sp³-hybridized carbons (Fsp3) is 0.500. The summed E-state index contributed by atoms with van der Waals surface area (Å²) < 4.78 is 26.3. The van der Waals surface area contributed by atoms with E-state index in [1.807, 2.05) is 17.5 Å². The average Bonchev–Trinajstić information content (AvgIpc) is 2.69. The lowest BCUT2D eigenvalue weighted by Crippen LogP contribution is -2.42. The summed E-state index contributed by atoms with van der Waals surface area (Å²) >= 11 is 6.36. The van der Waals surface area contributed by atoms with Crippen LogP contribution in [0.5, 0.6) is 0 Å². The summed E-state index contributed by atoms with van der Waals surface area (Å²) in [6.07, 6.45) is 1.08. The van der Waals surface area contributed by atoms with Gasteiger partial charge in [0.2, 0.25) is 10.0 Å². The predicted molar refractivity (Wildman–Crippen MR) is 75.8 cm³/mol. The van der Waals surface area contributed by atoms with Crippen LogP contribution in [-0.2, 0) is 16.4 Å². The highest BCUT2D eigenvalue weighted by molar-refractivity contribution is 7.93. The summed E-state index contributed by atoms with van der Waals surface area (Å²) in [7, 11) is -3.44. The van der Waals surface area contributed by atoms with E-state index in [9.17, 15) is 8.42 Å². The van der Waals surface area contributed by atoms with E-state index in [0.29, 0.717) is 19.4 Å². The second-order valence-electron chi connectivity index (χ2n) is 3.57. The molecule has 1 aromatic heterocycles. The zero-order valence-corrected chi connectivity index (χ0v) is 12.0. The molecule has 0 spiro atoms. The van der Waals surface area contributed by atoms with Crippen molar-refractivity contribution in [1.82, 2.24) is 4.72 Å². The van der Waals surface area contributed by atoms with Crippen molar-refractivity contribution in [3.8, 4) is 0 Å². The fourth-order valence-electron chi connectivity index (χ4n) is 1.45. The van der Waals surface area contributed by atoms with Crippen molar-refractivity contribution in [2.75, 3.05) is 6.54 Å². The molecule has 96 valence electrons. The number of nitrogens with one attached hydrogen (secondary N) is 1. The zero-order chi connectivity index (χ0) is 12.9. The highest BCUT2D eigenvalue weighted by Crippen LogP contribution is 2.09. The van der Waals surface area contributed by atoms with Crippen LogP contribution in [0, 0.1) is 0 Å². The summed E-state index contributed by atoms with van der Waals surface area (Å²) in [6, 6.07) is 3.92. The lowest BCUT2D eigenvalue weighted by molar-refractivity contribution is 0.574. The third kappa shape index (κ3) is 4.34. The lowest BCUT2D eigenvalue weighted by atomic mass is 10.3. The first-order valence-electron chi connectivity index (χ1n) is 5.27. The molecule has 0 aliphatic heterocycles. The molecule has 7 heteroatoms. The smallest absolute Gasteiger partial charge is 0.221 e. The number of hydrogen-bond acceptors (Lipinski definition) is 4. The van der Waals surface area contributed by atoms with Crippen molar-refractivity contribution in [3.63, 3.8) is 0 Å². The summed E-state index contributed by atoms with van der Waals surface area (Å²) in [5, 5.41) is 1.19. The quantitative estimate of drug-likeness (QED) is 0.743. The number of thiophene rings is 1. The molecule has 0 radical (unpaired) electrons. The van der Waals surface area contributed by atoms with Gasteiger partial charge in [-0.05, 0) is 24.3 Å². The van der Waals surface area contributed by atoms with Gasteiger partial charge in [0.05, 0.1) is 4.99 Å². The minimum atomic E-state index is -3.44. The molecule has 0 bridgehead atoms. The van der Waals surface area contributed by atoms with Crippen LogP contribution in [0.2, 0.25) is 0 Å². The Bertz CT molecular complexity index is 454. The standard InChI is InChI=1S/C10H16N2O2S3/c1-2-9(10(11)15)17(13,14)12-6-5-8-4-3-7-16-8/h3-4,7,9,12H,2,5-6H2,1H3,(H2,11,15). The van der Waals surface area contributed by atoms with Crippen molar-refractivity contribution >= 4 is 38.6 Å². The second kappa shape index (κ2) is 6.44. The zero-order valence-electron chi connectivity index (χ0n) is 9.55. The maximum atomic E-state index is 11.9. The van der Waals surface area contributed by atoms with Gasteiger partial charge in [-0.15, -0.1) is 11.3 Å². The van der Waals surface area contributed by atoms with Crippen LogP contribution in [0.25, 0.3) is 0 Å². The molecule has 0 saturated heterocycles. The van der Waals surface area contributed by atoms with Crippen LogP contribution >= 0.6 is 23.6 Å². The van der Waals surface area contributed by atoms with E-state index in [1.54, 1.807) is 18.3 Å². The fourth-order valence-corrected chi connectivity index (χ4v) is 4.03. The normalized spacial score (nSPS) is 13.5. The molecular weight excluding hydrogens is 276 g/mol. The van der Waals surface area contributed by atoms with Gasteiger partial charge in [0, 0.05) is 11.4 Å². The van der Waals surface area contributed by atoms with Gasteiger partial charge in [-0.2, -0.15) is 0 Å². The van der Waals surface area contributed by atoms with E-state index in [-0.39, 0.29) is 4.99 Å². The molecule has 0 aliphatic rings. The Hall–Kier alpha value is -0.500. The summed E-state index contributed by atoms with van der Waals surface area (Å²) in [6.45, 7) is 2.13. The van der Waals surface area contributed by atoms with E-state index < -0.39 is 15.3 Å². The van der Waals surface area contributed by atoms with Gasteiger partial charge in [-0.3, -0.25) is 0 Å². The molecule has 3 N–H and O–H groups in total. The van der Waals surface area contributed by atoms with Crippen LogP contribution in [0.15, 0.2) is 17.5 Å². The molecule has 17 heavy (non-hydrogen) atoms. The Morgan fingerprint density at radius 3 is 2.82 bits per heavy atom.